The van der Waals surface area contributed by atoms with Gasteiger partial charge in [-0.15, -0.1) is 0 Å². The van der Waals surface area contributed by atoms with E-state index in [4.69, 9.17) is 28.3 Å². The standard InChI is InChI=1S/C11H8Cl2O2/c12-7-2-1-4-5(10(7)13)3-6-8(4)9(6)11(14)15/h1-2,6,8-9H,3H2,(H,14,15)/t6-,8+,9+/m0/s1. The van der Waals surface area contributed by atoms with Crippen LogP contribution >= 0.6 is 23.2 Å². The van der Waals surface area contributed by atoms with Crippen LogP contribution in [-0.4, -0.2) is 11.1 Å². The van der Waals surface area contributed by atoms with Crippen molar-refractivity contribution in [2.75, 3.05) is 0 Å². The number of halogens is 2. The molecule has 0 unspecified atom stereocenters. The molecule has 2 aliphatic rings. The number of rotatable bonds is 1. The maximum absolute atomic E-state index is 10.9. The molecule has 0 amide bonds. The second-order valence-corrected chi connectivity index (χ2v) is 4.97. The molecule has 3 rings (SSSR count). The topological polar surface area (TPSA) is 37.3 Å². The Hall–Kier alpha value is -0.730. The van der Waals surface area contributed by atoms with E-state index in [0.29, 0.717) is 10.0 Å². The van der Waals surface area contributed by atoms with E-state index in [1.54, 1.807) is 6.07 Å². The minimum atomic E-state index is -0.693. The zero-order chi connectivity index (χ0) is 10.7. The molecular weight excluding hydrogens is 235 g/mol. The summed E-state index contributed by atoms with van der Waals surface area (Å²) in [6.07, 6.45) is 0.760. The Morgan fingerprint density at radius 2 is 2.13 bits per heavy atom. The van der Waals surface area contributed by atoms with Crippen LogP contribution in [0.15, 0.2) is 12.1 Å². The fourth-order valence-corrected chi connectivity index (χ4v) is 3.18. The number of carboxylic acid groups (broad SMARTS) is 1. The van der Waals surface area contributed by atoms with Crippen molar-refractivity contribution in [2.24, 2.45) is 11.8 Å². The predicted octanol–water partition coefficient (Wildman–Crippen LogP) is 2.96. The lowest BCUT2D eigenvalue weighted by molar-refractivity contribution is -0.139. The maximum atomic E-state index is 10.9. The Morgan fingerprint density at radius 1 is 1.40 bits per heavy atom. The minimum absolute atomic E-state index is 0.173. The van der Waals surface area contributed by atoms with Crippen molar-refractivity contribution in [1.82, 2.24) is 0 Å². The highest BCUT2D eigenvalue weighted by Gasteiger charge is 2.60. The molecule has 2 nitrogen and oxygen atoms in total. The second-order valence-electron chi connectivity index (χ2n) is 4.19. The quantitative estimate of drug-likeness (QED) is 0.823. The van der Waals surface area contributed by atoms with Gasteiger partial charge in [0.1, 0.15) is 0 Å². The van der Waals surface area contributed by atoms with Crippen LogP contribution in [0.2, 0.25) is 10.0 Å². The Kier molecular flexibility index (Phi) is 1.83. The first-order valence-electron chi connectivity index (χ1n) is 4.81. The third kappa shape index (κ3) is 1.15. The van der Waals surface area contributed by atoms with Crippen molar-refractivity contribution in [3.05, 3.63) is 33.3 Å². The second kappa shape index (κ2) is 2.89. The van der Waals surface area contributed by atoms with Gasteiger partial charge in [0.2, 0.25) is 0 Å². The molecule has 3 atom stereocenters. The van der Waals surface area contributed by atoms with Crippen molar-refractivity contribution in [3.8, 4) is 0 Å². The summed E-state index contributed by atoms with van der Waals surface area (Å²) in [7, 11) is 0. The Labute approximate surface area is 96.8 Å². The summed E-state index contributed by atoms with van der Waals surface area (Å²) in [6.45, 7) is 0. The molecule has 0 aliphatic heterocycles. The first-order valence-corrected chi connectivity index (χ1v) is 5.56. The number of carboxylic acids is 1. The fourth-order valence-electron chi connectivity index (χ4n) is 2.75. The maximum Gasteiger partial charge on any atom is 0.307 e. The smallest absolute Gasteiger partial charge is 0.307 e. The molecule has 1 aromatic carbocycles. The van der Waals surface area contributed by atoms with E-state index in [1.165, 1.54) is 0 Å². The zero-order valence-electron chi connectivity index (χ0n) is 7.71. The van der Waals surface area contributed by atoms with Gasteiger partial charge in [0.15, 0.2) is 0 Å². The lowest BCUT2D eigenvalue weighted by Crippen LogP contribution is -2.05. The highest BCUT2D eigenvalue weighted by atomic mass is 35.5. The summed E-state index contributed by atoms with van der Waals surface area (Å²) in [6, 6.07) is 3.67. The number of hydrogen-bond acceptors (Lipinski definition) is 1. The van der Waals surface area contributed by atoms with Crippen LogP contribution in [0.5, 0.6) is 0 Å². The van der Waals surface area contributed by atoms with E-state index in [0.717, 1.165) is 17.5 Å². The molecule has 0 saturated heterocycles. The molecule has 2 aliphatic carbocycles. The Balaban J connectivity index is 2.04. The molecule has 1 aromatic rings. The van der Waals surface area contributed by atoms with Gasteiger partial charge < -0.3 is 5.11 Å². The van der Waals surface area contributed by atoms with Gasteiger partial charge >= 0.3 is 5.97 Å². The SMILES string of the molecule is O=C(O)[C@@H]1[C@H]2Cc3c(ccc(Cl)c3Cl)[C@H]21. The predicted molar refractivity (Wildman–Crippen MR) is 57.5 cm³/mol. The van der Waals surface area contributed by atoms with Crippen LogP contribution in [0.1, 0.15) is 17.0 Å². The lowest BCUT2D eigenvalue weighted by atomic mass is 10.0. The van der Waals surface area contributed by atoms with Crippen LogP contribution in [0.25, 0.3) is 0 Å². The van der Waals surface area contributed by atoms with Gasteiger partial charge in [0.05, 0.1) is 16.0 Å². The Bertz CT molecular complexity index is 470. The molecule has 0 bridgehead atoms. The summed E-state index contributed by atoms with van der Waals surface area (Å²) in [5, 5.41) is 10.1. The van der Waals surface area contributed by atoms with Crippen LogP contribution in [0, 0.1) is 11.8 Å². The van der Waals surface area contributed by atoms with Gasteiger partial charge in [-0.1, -0.05) is 29.3 Å². The average Bonchev–Trinajstić information content (AvgIpc) is 2.78. The first kappa shape index (κ1) is 9.49. The van der Waals surface area contributed by atoms with E-state index in [1.807, 2.05) is 6.07 Å². The summed E-state index contributed by atoms with van der Waals surface area (Å²) in [5.41, 5.74) is 2.14. The van der Waals surface area contributed by atoms with E-state index in [9.17, 15) is 4.79 Å². The molecule has 1 fully saturated rings. The van der Waals surface area contributed by atoms with Gasteiger partial charge in [0.25, 0.3) is 0 Å². The van der Waals surface area contributed by atoms with Crippen LogP contribution in [0.4, 0.5) is 0 Å². The summed E-state index contributed by atoms with van der Waals surface area (Å²) in [4.78, 5) is 10.9. The third-order valence-corrected chi connectivity index (χ3v) is 4.33. The normalized spacial score (nSPS) is 30.9. The minimum Gasteiger partial charge on any atom is -0.481 e. The van der Waals surface area contributed by atoms with E-state index < -0.39 is 5.97 Å². The van der Waals surface area contributed by atoms with Crippen molar-refractivity contribution in [3.63, 3.8) is 0 Å². The molecule has 0 aromatic heterocycles. The van der Waals surface area contributed by atoms with Crippen LogP contribution in [0.3, 0.4) is 0 Å². The van der Waals surface area contributed by atoms with Gasteiger partial charge in [-0.25, -0.2) is 0 Å². The van der Waals surface area contributed by atoms with Crippen LogP contribution < -0.4 is 0 Å². The average molecular weight is 243 g/mol. The highest BCUT2D eigenvalue weighted by molar-refractivity contribution is 6.42. The highest BCUT2D eigenvalue weighted by Crippen LogP contribution is 2.62. The first-order chi connectivity index (χ1) is 7.11. The Morgan fingerprint density at radius 3 is 2.80 bits per heavy atom. The van der Waals surface area contributed by atoms with Gasteiger partial charge in [0, 0.05) is 5.92 Å². The van der Waals surface area contributed by atoms with E-state index in [-0.39, 0.29) is 17.8 Å². The van der Waals surface area contributed by atoms with Crippen molar-refractivity contribution < 1.29 is 9.90 Å². The number of carbonyl (C=O) groups is 1. The molecule has 0 heterocycles. The monoisotopic (exact) mass is 242 g/mol. The van der Waals surface area contributed by atoms with Crippen LogP contribution in [-0.2, 0) is 11.2 Å². The van der Waals surface area contributed by atoms with Gasteiger partial charge in [-0.05, 0) is 29.5 Å². The van der Waals surface area contributed by atoms with Crippen molar-refractivity contribution >= 4 is 29.2 Å². The van der Waals surface area contributed by atoms with Crippen molar-refractivity contribution in [1.29, 1.82) is 0 Å². The van der Waals surface area contributed by atoms with Gasteiger partial charge in [-0.3, -0.25) is 4.79 Å². The van der Waals surface area contributed by atoms with Gasteiger partial charge in [-0.2, -0.15) is 0 Å². The third-order valence-electron chi connectivity index (χ3n) is 3.48. The number of aliphatic carboxylic acids is 1. The molecule has 0 radical (unpaired) electrons. The number of fused-ring (bicyclic) bond motifs is 3. The van der Waals surface area contributed by atoms with E-state index >= 15 is 0 Å². The largest absolute Gasteiger partial charge is 0.481 e. The molecule has 1 N–H and O–H groups in total. The molecule has 4 heteroatoms. The fraction of sp³-hybridized carbons (Fsp3) is 0.364. The molecule has 0 spiro atoms. The number of hydrogen-bond donors (Lipinski definition) is 1. The molecule has 78 valence electrons. The van der Waals surface area contributed by atoms with E-state index in [2.05, 4.69) is 0 Å². The summed E-state index contributed by atoms with van der Waals surface area (Å²) in [5.74, 6) is -0.475. The lowest BCUT2D eigenvalue weighted by Gasteiger charge is -2.08. The molecular formula is C11H8Cl2O2. The number of benzene rings is 1. The summed E-state index contributed by atoms with van der Waals surface area (Å²) >= 11 is 12.0. The molecule has 1 saturated carbocycles. The molecule has 15 heavy (non-hydrogen) atoms. The summed E-state index contributed by atoms with van der Waals surface area (Å²) < 4.78 is 0. The zero-order valence-corrected chi connectivity index (χ0v) is 9.22. The van der Waals surface area contributed by atoms with Crippen molar-refractivity contribution in [2.45, 2.75) is 12.3 Å².